The first kappa shape index (κ1) is 10.8. The van der Waals surface area contributed by atoms with E-state index in [9.17, 15) is 13.2 Å². The molecule has 0 aromatic heterocycles. The highest BCUT2D eigenvalue weighted by Crippen LogP contribution is 2.48. The van der Waals surface area contributed by atoms with E-state index < -0.39 is 17.8 Å². The number of halogens is 3. The summed E-state index contributed by atoms with van der Waals surface area (Å²) in [5, 5.41) is 11.5. The number of β-amino-alcohol motifs (C(OH)–C–C–N with tert-alkyl or cyclic N) is 1. The minimum absolute atomic E-state index is 0.0238. The summed E-state index contributed by atoms with van der Waals surface area (Å²) in [5.74, 6) is 0. The van der Waals surface area contributed by atoms with Gasteiger partial charge in [-0.25, -0.2) is 0 Å². The van der Waals surface area contributed by atoms with E-state index in [0.29, 0.717) is 6.42 Å². The molecule has 1 aliphatic rings. The number of rotatable bonds is 4. The summed E-state index contributed by atoms with van der Waals surface area (Å²) in [4.78, 5) is 0. The normalized spacial score (nSPS) is 22.8. The summed E-state index contributed by atoms with van der Waals surface area (Å²) in [6, 6.07) is 0. The van der Waals surface area contributed by atoms with Crippen molar-refractivity contribution < 1.29 is 18.3 Å². The lowest BCUT2D eigenvalue weighted by molar-refractivity contribution is -0.166. The van der Waals surface area contributed by atoms with Crippen LogP contribution in [0.5, 0.6) is 0 Å². The fourth-order valence-corrected chi connectivity index (χ4v) is 1.14. The van der Waals surface area contributed by atoms with Gasteiger partial charge in [0.1, 0.15) is 5.54 Å². The van der Waals surface area contributed by atoms with E-state index in [1.54, 1.807) is 6.92 Å². The van der Waals surface area contributed by atoms with Crippen molar-refractivity contribution in [3.63, 3.8) is 0 Å². The molecule has 1 aliphatic carbocycles. The van der Waals surface area contributed by atoms with Gasteiger partial charge in [-0.15, -0.1) is 0 Å². The van der Waals surface area contributed by atoms with E-state index in [1.807, 2.05) is 0 Å². The fourth-order valence-electron chi connectivity index (χ4n) is 1.14. The summed E-state index contributed by atoms with van der Waals surface area (Å²) in [7, 11) is 0. The summed E-state index contributed by atoms with van der Waals surface area (Å²) >= 11 is 0. The van der Waals surface area contributed by atoms with Gasteiger partial charge in [0.15, 0.2) is 0 Å². The molecule has 2 N–H and O–H groups in total. The van der Waals surface area contributed by atoms with Crippen LogP contribution in [0.4, 0.5) is 13.2 Å². The van der Waals surface area contributed by atoms with Gasteiger partial charge in [-0.05, 0) is 19.3 Å². The van der Waals surface area contributed by atoms with Crippen molar-refractivity contribution in [2.24, 2.45) is 0 Å². The standard InChI is InChI=1S/C8H14F3NO/c1-2-6(13)5-12-7(3-4-7)8(9,10)11/h6,12-13H,2-5H2,1H3. The van der Waals surface area contributed by atoms with Gasteiger partial charge in [-0.3, -0.25) is 0 Å². The molecule has 2 nitrogen and oxygen atoms in total. The molecular weight excluding hydrogens is 183 g/mol. The second-order valence-corrected chi connectivity index (χ2v) is 3.52. The minimum Gasteiger partial charge on any atom is -0.392 e. The molecule has 0 radical (unpaired) electrons. The quantitative estimate of drug-likeness (QED) is 0.714. The molecule has 0 spiro atoms. The van der Waals surface area contributed by atoms with E-state index in [4.69, 9.17) is 5.11 Å². The molecule has 0 aromatic carbocycles. The van der Waals surface area contributed by atoms with Crippen molar-refractivity contribution in [2.45, 2.75) is 44.0 Å². The molecule has 0 amide bonds. The zero-order valence-corrected chi connectivity index (χ0v) is 7.49. The van der Waals surface area contributed by atoms with Crippen LogP contribution in [-0.2, 0) is 0 Å². The molecular formula is C8H14F3NO. The maximum Gasteiger partial charge on any atom is 0.406 e. The number of alkyl halides is 3. The van der Waals surface area contributed by atoms with Gasteiger partial charge in [0.25, 0.3) is 0 Å². The summed E-state index contributed by atoms with van der Waals surface area (Å²) in [6.45, 7) is 1.76. The molecule has 0 aliphatic heterocycles. The Morgan fingerprint density at radius 3 is 2.31 bits per heavy atom. The predicted octanol–water partition coefficient (Wildman–Crippen LogP) is 1.44. The van der Waals surface area contributed by atoms with Gasteiger partial charge >= 0.3 is 6.18 Å². The minimum atomic E-state index is -4.18. The number of aliphatic hydroxyl groups is 1. The lowest BCUT2D eigenvalue weighted by Gasteiger charge is -2.22. The number of hydrogen-bond donors (Lipinski definition) is 2. The Kier molecular flexibility index (Phi) is 2.87. The van der Waals surface area contributed by atoms with Crippen molar-refractivity contribution >= 4 is 0 Å². The predicted molar refractivity (Wildman–Crippen MR) is 42.3 cm³/mol. The summed E-state index contributed by atoms with van der Waals surface area (Å²) < 4.78 is 36.9. The van der Waals surface area contributed by atoms with Crippen LogP contribution in [0.1, 0.15) is 26.2 Å². The Morgan fingerprint density at radius 1 is 1.46 bits per heavy atom. The Morgan fingerprint density at radius 2 is 2.00 bits per heavy atom. The van der Waals surface area contributed by atoms with Gasteiger partial charge in [0.05, 0.1) is 6.10 Å². The average molecular weight is 197 g/mol. The highest BCUT2D eigenvalue weighted by atomic mass is 19.4. The van der Waals surface area contributed by atoms with Crippen LogP contribution < -0.4 is 5.32 Å². The van der Waals surface area contributed by atoms with Crippen molar-refractivity contribution in [1.29, 1.82) is 0 Å². The topological polar surface area (TPSA) is 32.3 Å². The number of nitrogens with one attached hydrogen (secondary N) is 1. The summed E-state index contributed by atoms with van der Waals surface area (Å²) in [5.41, 5.74) is -1.69. The van der Waals surface area contributed by atoms with E-state index in [1.165, 1.54) is 0 Å². The Balaban J connectivity index is 2.36. The van der Waals surface area contributed by atoms with Crippen molar-refractivity contribution in [1.82, 2.24) is 5.32 Å². The van der Waals surface area contributed by atoms with Crippen LogP contribution >= 0.6 is 0 Å². The van der Waals surface area contributed by atoms with Crippen LogP contribution in [0, 0.1) is 0 Å². The molecule has 1 saturated carbocycles. The first-order valence-electron chi connectivity index (χ1n) is 4.41. The molecule has 5 heteroatoms. The van der Waals surface area contributed by atoms with Gasteiger partial charge in [0.2, 0.25) is 0 Å². The van der Waals surface area contributed by atoms with Gasteiger partial charge in [-0.2, -0.15) is 13.2 Å². The monoisotopic (exact) mass is 197 g/mol. The zero-order valence-electron chi connectivity index (χ0n) is 7.49. The smallest absolute Gasteiger partial charge is 0.392 e. The van der Waals surface area contributed by atoms with Crippen LogP contribution in [0.3, 0.4) is 0 Å². The van der Waals surface area contributed by atoms with Crippen molar-refractivity contribution in [2.75, 3.05) is 6.54 Å². The fraction of sp³-hybridized carbons (Fsp3) is 1.00. The second-order valence-electron chi connectivity index (χ2n) is 3.52. The third-order valence-electron chi connectivity index (χ3n) is 2.44. The molecule has 1 fully saturated rings. The van der Waals surface area contributed by atoms with Gasteiger partial charge in [-0.1, -0.05) is 6.92 Å². The van der Waals surface area contributed by atoms with E-state index in [-0.39, 0.29) is 19.4 Å². The molecule has 13 heavy (non-hydrogen) atoms. The first-order valence-corrected chi connectivity index (χ1v) is 4.41. The Hall–Kier alpha value is -0.290. The first-order chi connectivity index (χ1) is 5.91. The Bertz CT molecular complexity index is 177. The molecule has 0 heterocycles. The van der Waals surface area contributed by atoms with Crippen molar-refractivity contribution in [3.8, 4) is 0 Å². The highest BCUT2D eigenvalue weighted by molar-refractivity contribution is 5.07. The Labute approximate surface area is 75.1 Å². The van der Waals surface area contributed by atoms with E-state index in [2.05, 4.69) is 5.32 Å². The SMILES string of the molecule is CCC(O)CNC1(C(F)(F)F)CC1. The third-order valence-corrected chi connectivity index (χ3v) is 2.44. The molecule has 1 rings (SSSR count). The molecule has 0 aromatic rings. The second kappa shape index (κ2) is 3.46. The lowest BCUT2D eigenvalue weighted by Crippen LogP contribution is -2.47. The van der Waals surface area contributed by atoms with E-state index >= 15 is 0 Å². The molecule has 0 saturated heterocycles. The molecule has 78 valence electrons. The van der Waals surface area contributed by atoms with Crippen LogP contribution in [-0.4, -0.2) is 29.5 Å². The average Bonchev–Trinajstić information content (AvgIpc) is 2.79. The maximum absolute atomic E-state index is 12.3. The van der Waals surface area contributed by atoms with Crippen molar-refractivity contribution in [3.05, 3.63) is 0 Å². The largest absolute Gasteiger partial charge is 0.406 e. The number of aliphatic hydroxyl groups excluding tert-OH is 1. The van der Waals surface area contributed by atoms with Crippen LogP contribution in [0.15, 0.2) is 0 Å². The summed E-state index contributed by atoms with van der Waals surface area (Å²) in [6.07, 6.45) is -4.12. The van der Waals surface area contributed by atoms with Gasteiger partial charge < -0.3 is 10.4 Å². The van der Waals surface area contributed by atoms with Crippen LogP contribution in [0.2, 0.25) is 0 Å². The van der Waals surface area contributed by atoms with Crippen LogP contribution in [0.25, 0.3) is 0 Å². The molecule has 1 atom stereocenters. The molecule has 0 bridgehead atoms. The lowest BCUT2D eigenvalue weighted by atomic mass is 10.2. The number of hydrogen-bond acceptors (Lipinski definition) is 2. The van der Waals surface area contributed by atoms with E-state index in [0.717, 1.165) is 0 Å². The van der Waals surface area contributed by atoms with Gasteiger partial charge in [0, 0.05) is 6.54 Å². The zero-order chi connectivity index (χ0) is 10.1. The third kappa shape index (κ3) is 2.34. The maximum atomic E-state index is 12.3. The molecule has 1 unspecified atom stereocenters. The highest BCUT2D eigenvalue weighted by Gasteiger charge is 2.62.